The Morgan fingerprint density at radius 1 is 0.977 bits per heavy atom. The van der Waals surface area contributed by atoms with Gasteiger partial charge in [-0.2, -0.15) is 5.10 Å². The number of halogens is 1. The lowest BCUT2D eigenvalue weighted by Gasteiger charge is -2.35. The number of anilines is 2. The fourth-order valence-electron chi connectivity index (χ4n) is 7.17. The number of hydrogen-bond donors (Lipinski definition) is 2. The molecule has 5 heterocycles. The summed E-state index contributed by atoms with van der Waals surface area (Å²) in [5.41, 5.74) is 12.0. The van der Waals surface area contributed by atoms with Crippen LogP contribution >= 0.6 is 0 Å². The molecule has 0 radical (unpaired) electrons. The Balaban J connectivity index is 0.00000343. The van der Waals surface area contributed by atoms with E-state index >= 15 is 4.39 Å². The Hall–Kier alpha value is -4.41. The molecule has 5 aromatic rings. The molecule has 2 aliphatic rings. The van der Waals surface area contributed by atoms with Gasteiger partial charge in [0.05, 0.1) is 23.1 Å². The van der Waals surface area contributed by atoms with Gasteiger partial charge in [-0.3, -0.25) is 14.6 Å². The van der Waals surface area contributed by atoms with Gasteiger partial charge >= 0.3 is 0 Å². The lowest BCUT2D eigenvalue weighted by Crippen LogP contribution is -2.45. The maximum atomic E-state index is 16.1. The monoisotopic (exact) mass is 593 g/mol. The summed E-state index contributed by atoms with van der Waals surface area (Å²) >= 11 is 0. The first-order valence-corrected chi connectivity index (χ1v) is 15.1. The van der Waals surface area contributed by atoms with Crippen LogP contribution in [0, 0.1) is 5.82 Å². The van der Waals surface area contributed by atoms with Crippen LogP contribution in [0.3, 0.4) is 0 Å². The summed E-state index contributed by atoms with van der Waals surface area (Å²) in [6.45, 7) is 8.29. The average Bonchev–Trinajstić information content (AvgIpc) is 3.71. The maximum absolute atomic E-state index is 16.1. The molecular weight excluding hydrogens is 553 g/mol. The minimum absolute atomic E-state index is 0. The predicted octanol–water partition coefficient (Wildman–Crippen LogP) is 6.34. The normalized spacial score (nSPS) is 18.5. The van der Waals surface area contributed by atoms with Crippen LogP contribution in [0.4, 0.5) is 16.0 Å². The van der Waals surface area contributed by atoms with E-state index in [1.54, 1.807) is 0 Å². The SMILES string of the molecule is CC(C)c1c2cc(-c3nc(N)nc(-c4ccc(N5CCC6(CCCN6Cc6ccccc6)C5)cn4)c3F)ccc2nn1C.N. The van der Waals surface area contributed by atoms with Crippen molar-refractivity contribution in [2.75, 3.05) is 30.3 Å². The summed E-state index contributed by atoms with van der Waals surface area (Å²) in [7, 11) is 1.93. The van der Waals surface area contributed by atoms with Crippen molar-refractivity contribution in [1.29, 1.82) is 0 Å². The number of rotatable bonds is 6. The first-order valence-electron chi connectivity index (χ1n) is 15.1. The van der Waals surface area contributed by atoms with E-state index in [2.05, 4.69) is 74.0 Å². The van der Waals surface area contributed by atoms with E-state index in [0.29, 0.717) is 11.3 Å². The van der Waals surface area contributed by atoms with Crippen LogP contribution in [0.15, 0.2) is 66.9 Å². The van der Waals surface area contributed by atoms with Gasteiger partial charge in [0.25, 0.3) is 0 Å². The Kier molecular flexibility index (Phi) is 7.81. The lowest BCUT2D eigenvalue weighted by molar-refractivity contribution is 0.150. The molecule has 3 aromatic heterocycles. The van der Waals surface area contributed by atoms with E-state index in [-0.39, 0.29) is 34.9 Å². The average molecular weight is 594 g/mol. The second kappa shape index (κ2) is 11.6. The molecule has 1 atom stereocenters. The summed E-state index contributed by atoms with van der Waals surface area (Å²) < 4.78 is 17.9. The second-order valence-electron chi connectivity index (χ2n) is 12.3. The summed E-state index contributed by atoms with van der Waals surface area (Å²) in [5, 5.41) is 5.59. The molecule has 0 bridgehead atoms. The largest absolute Gasteiger partial charge is 0.368 e. The van der Waals surface area contributed by atoms with Gasteiger partial charge in [-0.1, -0.05) is 50.2 Å². The first kappa shape index (κ1) is 29.7. The van der Waals surface area contributed by atoms with Crippen LogP contribution in [0.25, 0.3) is 33.5 Å². The van der Waals surface area contributed by atoms with Gasteiger partial charge in [0, 0.05) is 48.9 Å². The number of nitrogens with two attached hydrogens (primary N) is 1. The highest BCUT2D eigenvalue weighted by Crippen LogP contribution is 2.40. The van der Waals surface area contributed by atoms with E-state index in [0.717, 1.165) is 54.9 Å². The first-order chi connectivity index (χ1) is 20.8. The van der Waals surface area contributed by atoms with Crippen molar-refractivity contribution in [2.45, 2.75) is 51.1 Å². The maximum Gasteiger partial charge on any atom is 0.221 e. The van der Waals surface area contributed by atoms with Crippen molar-refractivity contribution >= 4 is 22.5 Å². The molecule has 2 fully saturated rings. The quantitative estimate of drug-likeness (QED) is 0.234. The van der Waals surface area contributed by atoms with Crippen molar-refractivity contribution in [1.82, 2.24) is 35.8 Å². The summed E-state index contributed by atoms with van der Waals surface area (Å²) in [6, 6.07) is 20.3. The Bertz CT molecular complexity index is 1780. The molecule has 44 heavy (non-hydrogen) atoms. The van der Waals surface area contributed by atoms with Crippen LogP contribution < -0.4 is 16.8 Å². The van der Waals surface area contributed by atoms with E-state index in [1.165, 1.54) is 18.4 Å². The van der Waals surface area contributed by atoms with E-state index in [9.17, 15) is 0 Å². The molecule has 1 unspecified atom stereocenters. The third kappa shape index (κ3) is 5.18. The highest BCUT2D eigenvalue weighted by Gasteiger charge is 2.45. The highest BCUT2D eigenvalue weighted by molar-refractivity contribution is 5.87. The Morgan fingerprint density at radius 2 is 1.77 bits per heavy atom. The van der Waals surface area contributed by atoms with Crippen LogP contribution in [-0.2, 0) is 13.6 Å². The predicted molar refractivity (Wildman–Crippen MR) is 174 cm³/mol. The number of nitrogens with zero attached hydrogens (tertiary/aromatic N) is 7. The summed E-state index contributed by atoms with van der Waals surface area (Å²) in [5.74, 6) is -0.268. The number of pyridine rings is 1. The molecule has 5 N–H and O–H groups in total. The minimum Gasteiger partial charge on any atom is -0.368 e. The standard InChI is InChI=1S/C34H37FN8.H3N/c1-22(2)32-26-18-24(10-12-27(26)40-41(32)3)30-29(35)31(39-33(36)38-30)28-13-11-25(19-37-28)42-17-15-34(21-42)14-7-16-43(34)20-23-8-5-4-6-9-23;/h4-6,8-13,18-19,22H,7,14-17,20-21H2,1-3H3,(H2,36,38,39);1H3. The van der Waals surface area contributed by atoms with Gasteiger partial charge in [-0.15, -0.1) is 0 Å². The van der Waals surface area contributed by atoms with Crippen LogP contribution in [0.1, 0.15) is 50.3 Å². The van der Waals surface area contributed by atoms with Crippen LogP contribution in [0.5, 0.6) is 0 Å². The number of nitrogen functional groups attached to an aromatic ring is 1. The number of aryl methyl sites for hydroxylation is 1. The summed E-state index contributed by atoms with van der Waals surface area (Å²) in [6.07, 6.45) is 5.39. The van der Waals surface area contributed by atoms with E-state index in [4.69, 9.17) is 5.73 Å². The molecule has 7 rings (SSSR count). The molecule has 2 aromatic carbocycles. The Labute approximate surface area is 257 Å². The van der Waals surface area contributed by atoms with Crippen LogP contribution in [0.2, 0.25) is 0 Å². The molecule has 2 aliphatic heterocycles. The molecule has 0 saturated carbocycles. The van der Waals surface area contributed by atoms with Crippen molar-refractivity contribution in [2.24, 2.45) is 7.05 Å². The van der Waals surface area contributed by atoms with Gasteiger partial charge in [-0.25, -0.2) is 14.4 Å². The number of hydrogen-bond acceptors (Lipinski definition) is 8. The molecule has 0 amide bonds. The number of aromatic nitrogens is 5. The minimum atomic E-state index is -0.536. The van der Waals surface area contributed by atoms with E-state index < -0.39 is 5.82 Å². The number of fused-ring (bicyclic) bond motifs is 1. The zero-order valence-corrected chi connectivity index (χ0v) is 25.7. The smallest absolute Gasteiger partial charge is 0.221 e. The zero-order chi connectivity index (χ0) is 29.7. The van der Waals surface area contributed by atoms with E-state index in [1.807, 2.05) is 48.3 Å². The van der Waals surface area contributed by atoms with Gasteiger partial charge < -0.3 is 16.8 Å². The van der Waals surface area contributed by atoms with Crippen LogP contribution in [-0.4, -0.2) is 54.8 Å². The molecule has 0 aliphatic carbocycles. The fourth-order valence-corrected chi connectivity index (χ4v) is 7.17. The molecular formula is C34H40FN9. The van der Waals surface area contributed by atoms with Gasteiger partial charge in [-0.05, 0) is 61.6 Å². The molecule has 1 spiro atoms. The zero-order valence-electron chi connectivity index (χ0n) is 25.7. The Morgan fingerprint density at radius 3 is 2.52 bits per heavy atom. The lowest BCUT2D eigenvalue weighted by atomic mass is 9.94. The topological polar surface area (TPSA) is 124 Å². The van der Waals surface area contributed by atoms with Gasteiger partial charge in [0.2, 0.25) is 5.95 Å². The summed E-state index contributed by atoms with van der Waals surface area (Å²) in [4.78, 5) is 18.3. The number of benzene rings is 2. The van der Waals surface area contributed by atoms with Gasteiger partial charge in [0.15, 0.2) is 5.82 Å². The van der Waals surface area contributed by atoms with Crippen molar-refractivity contribution in [3.8, 4) is 22.6 Å². The van der Waals surface area contributed by atoms with Crippen molar-refractivity contribution in [3.05, 3.63) is 83.9 Å². The highest BCUT2D eigenvalue weighted by atomic mass is 19.1. The molecule has 2 saturated heterocycles. The fraction of sp³-hybridized carbons (Fsp3) is 0.353. The van der Waals surface area contributed by atoms with Crippen molar-refractivity contribution in [3.63, 3.8) is 0 Å². The van der Waals surface area contributed by atoms with Crippen molar-refractivity contribution < 1.29 is 4.39 Å². The molecule has 10 heteroatoms. The third-order valence-corrected chi connectivity index (χ3v) is 9.21. The van der Waals surface area contributed by atoms with Gasteiger partial charge in [0.1, 0.15) is 11.4 Å². The number of likely N-dealkylation sites (tertiary alicyclic amines) is 1. The third-order valence-electron chi connectivity index (χ3n) is 9.21. The molecule has 228 valence electrons. The molecule has 9 nitrogen and oxygen atoms in total. The second-order valence-corrected chi connectivity index (χ2v) is 12.3.